The third kappa shape index (κ3) is 6.65. The molecule has 0 saturated carbocycles. The molecule has 0 aliphatic heterocycles. The summed E-state index contributed by atoms with van der Waals surface area (Å²) in [7, 11) is -2.01. The number of aryl methyl sites for hydroxylation is 1. The third-order valence-corrected chi connectivity index (χ3v) is 6.31. The molecule has 0 aliphatic carbocycles. The van der Waals surface area contributed by atoms with E-state index < -0.39 is 15.8 Å². The van der Waals surface area contributed by atoms with Crippen LogP contribution in [0.15, 0.2) is 83.8 Å². The molecule has 1 N–H and O–H groups in total. The third-order valence-electron chi connectivity index (χ3n) is 4.91. The quantitative estimate of drug-likeness (QED) is 0.541. The smallest absolute Gasteiger partial charge is 0.261 e. The second-order valence-electron chi connectivity index (χ2n) is 7.34. The van der Waals surface area contributed by atoms with Gasteiger partial charge in [0.1, 0.15) is 5.82 Å². The van der Waals surface area contributed by atoms with Gasteiger partial charge in [0.25, 0.3) is 10.0 Å². The molecule has 3 aromatic rings. The van der Waals surface area contributed by atoms with Crippen LogP contribution in [0.4, 0.5) is 10.1 Å². The SMILES string of the molecule is CN(CCCc1ccccc1)C(=O)Cc1ccc(NS(=O)(=O)c2ccc(F)cc2)cc1. The first-order valence-corrected chi connectivity index (χ1v) is 11.5. The number of amides is 1. The topological polar surface area (TPSA) is 66.5 Å². The summed E-state index contributed by atoms with van der Waals surface area (Å²) in [6, 6.07) is 21.4. The van der Waals surface area contributed by atoms with Gasteiger partial charge in [-0.25, -0.2) is 12.8 Å². The minimum Gasteiger partial charge on any atom is -0.345 e. The fraction of sp³-hybridized carbons (Fsp3) is 0.208. The molecule has 0 spiro atoms. The van der Waals surface area contributed by atoms with E-state index in [1.165, 1.54) is 17.7 Å². The number of benzene rings is 3. The van der Waals surface area contributed by atoms with Crippen molar-refractivity contribution >= 4 is 21.6 Å². The van der Waals surface area contributed by atoms with Gasteiger partial charge in [0.15, 0.2) is 0 Å². The van der Waals surface area contributed by atoms with Crippen LogP contribution in [0.3, 0.4) is 0 Å². The lowest BCUT2D eigenvalue weighted by atomic mass is 10.1. The van der Waals surface area contributed by atoms with Crippen LogP contribution in [0.25, 0.3) is 0 Å². The summed E-state index contributed by atoms with van der Waals surface area (Å²) in [5, 5.41) is 0. The fourth-order valence-electron chi connectivity index (χ4n) is 3.12. The molecule has 0 unspecified atom stereocenters. The summed E-state index contributed by atoms with van der Waals surface area (Å²) in [6.45, 7) is 0.670. The number of carbonyl (C=O) groups is 1. The summed E-state index contributed by atoms with van der Waals surface area (Å²) in [4.78, 5) is 14.2. The normalized spacial score (nSPS) is 11.2. The number of likely N-dealkylation sites (N-methyl/N-ethyl adjacent to an activating group) is 1. The fourth-order valence-corrected chi connectivity index (χ4v) is 4.18. The lowest BCUT2D eigenvalue weighted by Gasteiger charge is -2.17. The highest BCUT2D eigenvalue weighted by Crippen LogP contribution is 2.17. The van der Waals surface area contributed by atoms with Crippen molar-refractivity contribution in [2.45, 2.75) is 24.2 Å². The van der Waals surface area contributed by atoms with Crippen LogP contribution < -0.4 is 4.72 Å². The van der Waals surface area contributed by atoms with E-state index in [2.05, 4.69) is 16.9 Å². The van der Waals surface area contributed by atoms with Crippen molar-refractivity contribution < 1.29 is 17.6 Å². The van der Waals surface area contributed by atoms with Gasteiger partial charge in [-0.3, -0.25) is 9.52 Å². The molecule has 0 aromatic heterocycles. The first-order valence-electron chi connectivity index (χ1n) is 9.99. The number of hydrogen-bond donors (Lipinski definition) is 1. The van der Waals surface area contributed by atoms with Crippen molar-refractivity contribution in [3.63, 3.8) is 0 Å². The largest absolute Gasteiger partial charge is 0.345 e. The van der Waals surface area contributed by atoms with E-state index in [4.69, 9.17) is 0 Å². The molecule has 0 saturated heterocycles. The van der Waals surface area contributed by atoms with E-state index in [1.807, 2.05) is 18.2 Å². The van der Waals surface area contributed by atoms with Crippen LogP contribution in [0.5, 0.6) is 0 Å². The average Bonchev–Trinajstić information content (AvgIpc) is 2.76. The van der Waals surface area contributed by atoms with Gasteiger partial charge < -0.3 is 4.90 Å². The molecule has 0 aliphatic rings. The van der Waals surface area contributed by atoms with Gasteiger partial charge in [0, 0.05) is 19.3 Å². The van der Waals surface area contributed by atoms with Crippen molar-refractivity contribution in [2.24, 2.45) is 0 Å². The van der Waals surface area contributed by atoms with Crippen molar-refractivity contribution in [3.05, 3.63) is 95.8 Å². The Morgan fingerprint density at radius 2 is 1.55 bits per heavy atom. The Bertz CT molecular complexity index is 1100. The van der Waals surface area contributed by atoms with E-state index in [0.717, 1.165) is 30.5 Å². The van der Waals surface area contributed by atoms with E-state index in [1.54, 1.807) is 36.2 Å². The predicted molar refractivity (Wildman–Crippen MR) is 120 cm³/mol. The molecule has 3 aromatic carbocycles. The van der Waals surface area contributed by atoms with Crippen LogP contribution in [0.1, 0.15) is 17.5 Å². The first kappa shape index (κ1) is 22.5. The maximum atomic E-state index is 13.0. The van der Waals surface area contributed by atoms with Crippen LogP contribution in [0.2, 0.25) is 0 Å². The summed E-state index contributed by atoms with van der Waals surface area (Å²) < 4.78 is 40.2. The maximum absolute atomic E-state index is 13.0. The summed E-state index contributed by atoms with van der Waals surface area (Å²) in [5.74, 6) is -0.495. The second-order valence-corrected chi connectivity index (χ2v) is 9.02. The molecule has 1 amide bonds. The van der Waals surface area contributed by atoms with Gasteiger partial charge in [-0.15, -0.1) is 0 Å². The number of nitrogens with one attached hydrogen (secondary N) is 1. The number of anilines is 1. The van der Waals surface area contributed by atoms with Gasteiger partial charge in [-0.1, -0.05) is 42.5 Å². The molecule has 162 valence electrons. The number of rotatable bonds is 9. The van der Waals surface area contributed by atoms with Gasteiger partial charge in [-0.05, 0) is 60.4 Å². The summed E-state index contributed by atoms with van der Waals surface area (Å²) in [6.07, 6.45) is 2.05. The lowest BCUT2D eigenvalue weighted by molar-refractivity contribution is -0.129. The molecule has 0 fully saturated rings. The average molecular weight is 441 g/mol. The molecule has 7 heteroatoms. The summed E-state index contributed by atoms with van der Waals surface area (Å²) >= 11 is 0. The van der Waals surface area contributed by atoms with Crippen LogP contribution >= 0.6 is 0 Å². The van der Waals surface area contributed by atoms with Crippen molar-refractivity contribution in [3.8, 4) is 0 Å². The number of halogens is 1. The number of hydrogen-bond acceptors (Lipinski definition) is 3. The van der Waals surface area contributed by atoms with Crippen molar-refractivity contribution in [1.82, 2.24) is 4.90 Å². The Kier molecular flexibility index (Phi) is 7.41. The van der Waals surface area contributed by atoms with E-state index in [9.17, 15) is 17.6 Å². The highest BCUT2D eigenvalue weighted by atomic mass is 32.2. The zero-order valence-electron chi connectivity index (χ0n) is 17.3. The summed E-state index contributed by atoms with van der Waals surface area (Å²) in [5.41, 5.74) is 2.42. The van der Waals surface area contributed by atoms with Gasteiger partial charge in [0.05, 0.1) is 11.3 Å². The lowest BCUT2D eigenvalue weighted by Crippen LogP contribution is -2.29. The molecule has 31 heavy (non-hydrogen) atoms. The predicted octanol–water partition coefficient (Wildman–Crippen LogP) is 4.26. The van der Waals surface area contributed by atoms with Crippen LogP contribution in [-0.4, -0.2) is 32.8 Å². The molecule has 0 radical (unpaired) electrons. The molecule has 5 nitrogen and oxygen atoms in total. The molecule has 0 heterocycles. The molecule has 0 atom stereocenters. The van der Waals surface area contributed by atoms with E-state index in [0.29, 0.717) is 12.2 Å². The molecular formula is C24H25FN2O3S. The number of nitrogens with zero attached hydrogens (tertiary/aromatic N) is 1. The highest BCUT2D eigenvalue weighted by molar-refractivity contribution is 7.92. The van der Waals surface area contributed by atoms with Gasteiger partial charge in [-0.2, -0.15) is 0 Å². The van der Waals surface area contributed by atoms with Crippen LogP contribution in [-0.2, 0) is 27.7 Å². The standard InChI is InChI=1S/C24H25FN2O3S/c1-27(17-5-8-19-6-3-2-4-7-19)24(28)18-20-9-13-22(14-10-20)26-31(29,30)23-15-11-21(25)12-16-23/h2-4,6-7,9-16,26H,5,8,17-18H2,1H3. The van der Waals surface area contributed by atoms with E-state index >= 15 is 0 Å². The Morgan fingerprint density at radius 3 is 2.19 bits per heavy atom. The maximum Gasteiger partial charge on any atom is 0.261 e. The van der Waals surface area contributed by atoms with E-state index in [-0.39, 0.29) is 17.2 Å². The Labute approximate surface area is 182 Å². The Balaban J connectivity index is 1.51. The minimum atomic E-state index is -3.80. The number of carbonyl (C=O) groups excluding carboxylic acids is 1. The Hall–Kier alpha value is -3.19. The second kappa shape index (κ2) is 10.2. The van der Waals surface area contributed by atoms with Crippen LogP contribution in [0, 0.1) is 5.82 Å². The molecule has 3 rings (SSSR count). The van der Waals surface area contributed by atoms with Gasteiger partial charge >= 0.3 is 0 Å². The number of sulfonamides is 1. The highest BCUT2D eigenvalue weighted by Gasteiger charge is 2.15. The Morgan fingerprint density at radius 1 is 0.903 bits per heavy atom. The monoisotopic (exact) mass is 440 g/mol. The van der Waals surface area contributed by atoms with Crippen molar-refractivity contribution in [2.75, 3.05) is 18.3 Å². The molecular weight excluding hydrogens is 415 g/mol. The van der Waals surface area contributed by atoms with Crippen molar-refractivity contribution in [1.29, 1.82) is 0 Å². The zero-order valence-corrected chi connectivity index (χ0v) is 18.1. The first-order chi connectivity index (χ1) is 14.8. The zero-order chi connectivity index (χ0) is 22.3. The van der Waals surface area contributed by atoms with Gasteiger partial charge in [0.2, 0.25) is 5.91 Å². The molecule has 0 bridgehead atoms. The minimum absolute atomic E-state index is 0.00713.